The van der Waals surface area contributed by atoms with E-state index in [0.717, 1.165) is 0 Å². The Morgan fingerprint density at radius 3 is 2.57 bits per heavy atom. The van der Waals surface area contributed by atoms with Gasteiger partial charge in [0, 0.05) is 16.1 Å². The monoisotopic (exact) mass is 425 g/mol. The Labute approximate surface area is 181 Å². The lowest BCUT2D eigenvalue weighted by Crippen LogP contribution is -2.46. The van der Waals surface area contributed by atoms with E-state index in [9.17, 15) is 9.59 Å². The van der Waals surface area contributed by atoms with Gasteiger partial charge in [-0.1, -0.05) is 43.5 Å². The van der Waals surface area contributed by atoms with Crippen LogP contribution in [0, 0.1) is 18.3 Å². The van der Waals surface area contributed by atoms with Crippen LogP contribution in [0.4, 0.5) is 0 Å². The summed E-state index contributed by atoms with van der Waals surface area (Å²) < 4.78 is 5.45. The molecule has 0 aliphatic carbocycles. The highest BCUT2D eigenvalue weighted by atomic mass is 35.5. The molecule has 0 saturated carbocycles. The van der Waals surface area contributed by atoms with Crippen LogP contribution in [0.1, 0.15) is 36.2 Å². The predicted molar refractivity (Wildman–Crippen MR) is 119 cm³/mol. The molecule has 2 N–H and O–H groups in total. The number of benzene rings is 2. The van der Waals surface area contributed by atoms with Crippen molar-refractivity contribution < 1.29 is 14.3 Å². The fraction of sp³-hybridized carbons (Fsp3) is 0.261. The Balaban J connectivity index is 2.05. The fourth-order valence-electron chi connectivity index (χ4n) is 2.63. The number of hydrogen-bond acceptors (Lipinski definition) is 4. The van der Waals surface area contributed by atoms with Crippen molar-refractivity contribution in [1.29, 1.82) is 0 Å². The van der Waals surface area contributed by atoms with Gasteiger partial charge >= 0.3 is 0 Å². The molecule has 7 heteroatoms. The van der Waals surface area contributed by atoms with Crippen LogP contribution < -0.4 is 15.5 Å². The zero-order chi connectivity index (χ0) is 21.9. The van der Waals surface area contributed by atoms with Gasteiger partial charge in [-0.15, -0.1) is 6.42 Å². The highest BCUT2D eigenvalue weighted by molar-refractivity contribution is 6.30. The number of nitrogens with zero attached hydrogens (tertiary/aromatic N) is 1. The molecule has 30 heavy (non-hydrogen) atoms. The van der Waals surface area contributed by atoms with Crippen LogP contribution in [0.15, 0.2) is 53.6 Å². The van der Waals surface area contributed by atoms with Crippen LogP contribution in [-0.2, 0) is 4.79 Å². The number of rotatable bonds is 9. The molecule has 2 aromatic rings. The average Bonchev–Trinajstić information content (AvgIpc) is 2.72. The van der Waals surface area contributed by atoms with Crippen molar-refractivity contribution in [3.63, 3.8) is 0 Å². The van der Waals surface area contributed by atoms with Gasteiger partial charge in [0.15, 0.2) is 0 Å². The van der Waals surface area contributed by atoms with Gasteiger partial charge in [-0.05, 0) is 48.7 Å². The minimum Gasteiger partial charge on any atom is -0.480 e. The molecule has 0 aliphatic heterocycles. The normalized spacial score (nSPS) is 11.7. The molecular formula is C23H24ClN3O3. The van der Waals surface area contributed by atoms with E-state index in [4.69, 9.17) is 22.8 Å². The van der Waals surface area contributed by atoms with Crippen LogP contribution in [0.2, 0.25) is 5.02 Å². The zero-order valence-electron chi connectivity index (χ0n) is 16.9. The van der Waals surface area contributed by atoms with E-state index in [0.29, 0.717) is 28.3 Å². The third-order valence-corrected chi connectivity index (χ3v) is 4.30. The first kappa shape index (κ1) is 23.0. The van der Waals surface area contributed by atoms with Crippen molar-refractivity contribution in [3.8, 4) is 18.1 Å². The molecule has 2 aromatic carbocycles. The second kappa shape index (κ2) is 11.6. The van der Waals surface area contributed by atoms with Crippen LogP contribution >= 0.6 is 11.6 Å². The summed E-state index contributed by atoms with van der Waals surface area (Å²) in [5.41, 5.74) is 3.57. The fourth-order valence-corrected chi connectivity index (χ4v) is 2.75. The van der Waals surface area contributed by atoms with E-state index >= 15 is 0 Å². The summed E-state index contributed by atoms with van der Waals surface area (Å²) in [7, 11) is 0. The third-order valence-electron chi connectivity index (χ3n) is 4.04. The molecule has 0 heterocycles. The van der Waals surface area contributed by atoms with Crippen molar-refractivity contribution in [2.45, 2.75) is 26.3 Å². The minimum atomic E-state index is -0.738. The summed E-state index contributed by atoms with van der Waals surface area (Å²) in [6.07, 6.45) is 7.15. The third kappa shape index (κ3) is 7.26. The van der Waals surface area contributed by atoms with Crippen molar-refractivity contribution in [2.24, 2.45) is 11.0 Å². The number of carbonyl (C=O) groups excluding carboxylic acids is 2. The smallest absolute Gasteiger partial charge is 0.262 e. The minimum absolute atomic E-state index is 0.129. The van der Waals surface area contributed by atoms with Crippen molar-refractivity contribution in [1.82, 2.24) is 10.7 Å². The molecule has 1 unspecified atom stereocenters. The van der Waals surface area contributed by atoms with Gasteiger partial charge in [-0.3, -0.25) is 9.59 Å². The van der Waals surface area contributed by atoms with E-state index in [1.807, 2.05) is 26.0 Å². The zero-order valence-corrected chi connectivity index (χ0v) is 17.6. The molecule has 156 valence electrons. The standard InChI is InChI=1S/C23H24ClN3O3/c1-4-13-30-21-8-6-5-7-18(21)15-25-27-23(29)20(14-16(2)3)26-22(28)17-9-11-19(24)12-10-17/h1,5-12,15-16,20H,13-14H2,2-3H3,(H,26,28)(H,27,29). The first-order chi connectivity index (χ1) is 14.4. The van der Waals surface area contributed by atoms with E-state index in [2.05, 4.69) is 21.8 Å². The molecule has 0 aliphatic rings. The number of para-hydroxylation sites is 1. The van der Waals surface area contributed by atoms with Crippen molar-refractivity contribution in [3.05, 3.63) is 64.7 Å². The summed E-state index contributed by atoms with van der Waals surface area (Å²) in [6, 6.07) is 12.9. The topological polar surface area (TPSA) is 79.8 Å². The number of hydrogen-bond donors (Lipinski definition) is 2. The Kier molecular flexibility index (Phi) is 8.92. The first-order valence-electron chi connectivity index (χ1n) is 9.45. The molecule has 1 atom stereocenters. The molecule has 0 fully saturated rings. The molecule has 0 aromatic heterocycles. The highest BCUT2D eigenvalue weighted by Crippen LogP contribution is 2.15. The molecule has 6 nitrogen and oxygen atoms in total. The molecule has 0 bridgehead atoms. The van der Waals surface area contributed by atoms with Crippen molar-refractivity contribution >= 4 is 29.6 Å². The maximum absolute atomic E-state index is 12.6. The lowest BCUT2D eigenvalue weighted by Gasteiger charge is -2.19. The number of terminal acetylenes is 1. The number of ether oxygens (including phenoxy) is 1. The first-order valence-corrected chi connectivity index (χ1v) is 9.83. The summed E-state index contributed by atoms with van der Waals surface area (Å²) >= 11 is 5.86. The number of nitrogens with one attached hydrogen (secondary N) is 2. The van der Waals surface area contributed by atoms with Gasteiger partial charge in [0.05, 0.1) is 6.21 Å². The van der Waals surface area contributed by atoms with Crippen molar-refractivity contribution in [2.75, 3.05) is 6.61 Å². The lowest BCUT2D eigenvalue weighted by molar-refractivity contribution is -0.123. The predicted octanol–water partition coefficient (Wildman–Crippen LogP) is 3.65. The number of halogens is 1. The largest absolute Gasteiger partial charge is 0.480 e. The second-order valence-electron chi connectivity index (χ2n) is 6.93. The van der Waals surface area contributed by atoms with E-state index in [1.54, 1.807) is 36.4 Å². The summed E-state index contributed by atoms with van der Waals surface area (Å²) in [6.45, 7) is 4.07. The Morgan fingerprint density at radius 1 is 1.20 bits per heavy atom. The number of carbonyl (C=O) groups is 2. The van der Waals surface area contributed by atoms with E-state index < -0.39 is 11.9 Å². The van der Waals surface area contributed by atoms with Gasteiger partial charge in [-0.25, -0.2) is 5.43 Å². The maximum atomic E-state index is 12.6. The van der Waals surface area contributed by atoms with Crippen LogP contribution in [-0.4, -0.2) is 30.7 Å². The van der Waals surface area contributed by atoms with Crippen LogP contribution in [0.5, 0.6) is 5.75 Å². The van der Waals surface area contributed by atoms with Gasteiger partial charge in [0.25, 0.3) is 11.8 Å². The SMILES string of the molecule is C#CCOc1ccccc1C=NNC(=O)C(CC(C)C)NC(=O)c1ccc(Cl)cc1. The number of hydrazone groups is 1. The molecule has 2 rings (SSSR count). The van der Waals surface area contributed by atoms with Crippen LogP contribution in [0.25, 0.3) is 0 Å². The molecule has 0 saturated heterocycles. The number of amides is 2. The Morgan fingerprint density at radius 2 is 1.90 bits per heavy atom. The molecular weight excluding hydrogens is 402 g/mol. The van der Waals surface area contributed by atoms with Crippen LogP contribution in [0.3, 0.4) is 0 Å². The highest BCUT2D eigenvalue weighted by Gasteiger charge is 2.22. The van der Waals surface area contributed by atoms with Gasteiger partial charge in [-0.2, -0.15) is 5.10 Å². The average molecular weight is 426 g/mol. The lowest BCUT2D eigenvalue weighted by atomic mass is 10.0. The quantitative estimate of drug-likeness (QED) is 0.365. The Bertz CT molecular complexity index is 933. The summed E-state index contributed by atoms with van der Waals surface area (Å²) in [5.74, 6) is 2.38. The summed E-state index contributed by atoms with van der Waals surface area (Å²) in [5, 5.41) is 7.29. The van der Waals surface area contributed by atoms with E-state index in [-0.39, 0.29) is 18.4 Å². The summed E-state index contributed by atoms with van der Waals surface area (Å²) in [4.78, 5) is 25.1. The Hall–Kier alpha value is -3.30. The van der Waals surface area contributed by atoms with Gasteiger partial charge < -0.3 is 10.1 Å². The van der Waals surface area contributed by atoms with E-state index in [1.165, 1.54) is 6.21 Å². The van der Waals surface area contributed by atoms with Gasteiger partial charge in [0.1, 0.15) is 18.4 Å². The molecule has 0 radical (unpaired) electrons. The second-order valence-corrected chi connectivity index (χ2v) is 7.36. The molecule has 0 spiro atoms. The maximum Gasteiger partial charge on any atom is 0.262 e. The van der Waals surface area contributed by atoms with Gasteiger partial charge in [0.2, 0.25) is 0 Å². The molecule has 2 amide bonds.